The van der Waals surface area contributed by atoms with Crippen LogP contribution in [0.15, 0.2) is 88.4 Å². The van der Waals surface area contributed by atoms with Gasteiger partial charge in [0.2, 0.25) is 10.0 Å². The van der Waals surface area contributed by atoms with Crippen LogP contribution >= 0.6 is 0 Å². The molecule has 0 radical (unpaired) electrons. The number of nitrogens with one attached hydrogen (secondary N) is 1. The molecule has 168 valence electrons. The van der Waals surface area contributed by atoms with Gasteiger partial charge in [-0.15, -0.1) is 0 Å². The fraction of sp³-hybridized carbons (Fsp3) is 0.292. The van der Waals surface area contributed by atoms with Crippen molar-refractivity contribution in [1.82, 2.24) is 4.72 Å². The van der Waals surface area contributed by atoms with Crippen molar-refractivity contribution in [2.24, 2.45) is 10.7 Å². The lowest BCUT2D eigenvalue weighted by Crippen LogP contribution is -2.33. The summed E-state index contributed by atoms with van der Waals surface area (Å²) in [5, 5.41) is 1.15. The van der Waals surface area contributed by atoms with Gasteiger partial charge in [0.1, 0.15) is 0 Å². The Hall–Kier alpha value is -2.55. The lowest BCUT2D eigenvalue weighted by Gasteiger charge is -2.18. The molecule has 4 rings (SSSR count). The lowest BCUT2D eigenvalue weighted by atomic mass is 10.1. The van der Waals surface area contributed by atoms with Gasteiger partial charge < -0.3 is 5.73 Å². The maximum atomic E-state index is 12.9. The summed E-state index contributed by atoms with van der Waals surface area (Å²) in [6, 6.07) is 19.3. The van der Waals surface area contributed by atoms with Crippen LogP contribution in [0.5, 0.6) is 0 Å². The molecule has 1 saturated carbocycles. The van der Waals surface area contributed by atoms with E-state index < -0.39 is 26.4 Å². The Morgan fingerprint density at radius 3 is 2.41 bits per heavy atom. The van der Waals surface area contributed by atoms with Gasteiger partial charge in [0.15, 0.2) is 0 Å². The van der Waals surface area contributed by atoms with E-state index in [-0.39, 0.29) is 5.75 Å². The summed E-state index contributed by atoms with van der Waals surface area (Å²) in [6.45, 7) is 0.380. The second-order valence-electron chi connectivity index (χ2n) is 8.13. The van der Waals surface area contributed by atoms with Crippen LogP contribution in [0, 0.1) is 0 Å². The molecule has 1 heterocycles. The summed E-state index contributed by atoms with van der Waals surface area (Å²) in [4.78, 5) is 4.64. The predicted molar refractivity (Wildman–Crippen MR) is 130 cm³/mol. The summed E-state index contributed by atoms with van der Waals surface area (Å²) in [7, 11) is -4.76. The molecule has 1 unspecified atom stereocenters. The molecule has 2 aromatic carbocycles. The zero-order valence-electron chi connectivity index (χ0n) is 17.7. The Bertz CT molecular complexity index is 1180. The second kappa shape index (κ2) is 9.52. The molecule has 32 heavy (non-hydrogen) atoms. The fourth-order valence-electron chi connectivity index (χ4n) is 3.74. The van der Waals surface area contributed by atoms with E-state index in [4.69, 9.17) is 5.73 Å². The van der Waals surface area contributed by atoms with Crippen molar-refractivity contribution in [3.8, 4) is 0 Å². The smallest absolute Gasteiger partial charge is 0.234 e. The Morgan fingerprint density at radius 2 is 1.75 bits per heavy atom. The number of aliphatic imine (C=N–C) groups is 1. The molecule has 1 aliphatic carbocycles. The Kier molecular flexibility index (Phi) is 6.74. The molecule has 2 aliphatic rings. The van der Waals surface area contributed by atoms with Crippen LogP contribution in [0.1, 0.15) is 30.4 Å². The van der Waals surface area contributed by atoms with Crippen molar-refractivity contribution in [1.29, 1.82) is 0 Å². The molecule has 0 saturated heterocycles. The van der Waals surface area contributed by atoms with Gasteiger partial charge in [0.05, 0.1) is 23.5 Å². The van der Waals surface area contributed by atoms with Crippen molar-refractivity contribution in [2.75, 3.05) is 11.5 Å². The zero-order valence-corrected chi connectivity index (χ0v) is 19.4. The van der Waals surface area contributed by atoms with E-state index in [1.807, 2.05) is 60.7 Å². The SMILES string of the molecule is NC1=C(C(/C=C/S(=O)(=O)NC2(c3ccccc3)CC2)=NCc2ccccc2)CS(=O)CC1. The van der Waals surface area contributed by atoms with Gasteiger partial charge in [-0.05, 0) is 36.5 Å². The van der Waals surface area contributed by atoms with E-state index in [0.717, 1.165) is 29.4 Å². The Morgan fingerprint density at radius 1 is 1.09 bits per heavy atom. The third kappa shape index (κ3) is 5.62. The molecular formula is C24H27N3O3S2. The van der Waals surface area contributed by atoms with Crippen LogP contribution < -0.4 is 10.5 Å². The van der Waals surface area contributed by atoms with E-state index in [1.54, 1.807) is 0 Å². The van der Waals surface area contributed by atoms with E-state index in [9.17, 15) is 12.6 Å². The molecule has 0 aromatic heterocycles. The first-order valence-corrected chi connectivity index (χ1v) is 13.6. The highest BCUT2D eigenvalue weighted by molar-refractivity contribution is 7.92. The van der Waals surface area contributed by atoms with Gasteiger partial charge in [-0.25, -0.2) is 13.1 Å². The zero-order chi connectivity index (χ0) is 22.6. The number of nitrogens with zero attached hydrogens (tertiary/aromatic N) is 1. The Balaban J connectivity index is 1.59. The van der Waals surface area contributed by atoms with Crippen LogP contribution in [0.25, 0.3) is 0 Å². The summed E-state index contributed by atoms with van der Waals surface area (Å²) in [6.07, 6.45) is 3.52. The first-order valence-electron chi connectivity index (χ1n) is 10.6. The van der Waals surface area contributed by atoms with Gasteiger partial charge in [-0.2, -0.15) is 0 Å². The van der Waals surface area contributed by atoms with Crippen molar-refractivity contribution >= 4 is 26.5 Å². The van der Waals surface area contributed by atoms with Gasteiger partial charge in [-0.1, -0.05) is 60.7 Å². The van der Waals surface area contributed by atoms with E-state index in [0.29, 0.717) is 35.7 Å². The summed E-state index contributed by atoms with van der Waals surface area (Å²) >= 11 is 0. The number of hydrogen-bond acceptors (Lipinski definition) is 5. The second-order valence-corrected chi connectivity index (χ2v) is 11.3. The molecule has 1 atom stereocenters. The molecule has 8 heteroatoms. The van der Waals surface area contributed by atoms with Crippen molar-refractivity contribution in [3.63, 3.8) is 0 Å². The molecule has 1 fully saturated rings. The first-order chi connectivity index (χ1) is 15.4. The van der Waals surface area contributed by atoms with Crippen LogP contribution in [0.2, 0.25) is 0 Å². The first kappa shape index (κ1) is 22.6. The molecule has 2 aromatic rings. The molecule has 6 nitrogen and oxygen atoms in total. The van der Waals surface area contributed by atoms with Gasteiger partial charge in [-0.3, -0.25) is 9.20 Å². The van der Waals surface area contributed by atoms with Crippen LogP contribution in [-0.2, 0) is 32.9 Å². The minimum atomic E-state index is -3.72. The highest BCUT2D eigenvalue weighted by Gasteiger charge is 2.46. The topological polar surface area (TPSA) is 102 Å². The average Bonchev–Trinajstić information content (AvgIpc) is 3.57. The molecule has 0 bridgehead atoms. The van der Waals surface area contributed by atoms with Gasteiger partial charge >= 0.3 is 0 Å². The summed E-state index contributed by atoms with van der Waals surface area (Å²) < 4.78 is 40.8. The minimum Gasteiger partial charge on any atom is -0.402 e. The normalized spacial score (nSPS) is 21.1. The summed E-state index contributed by atoms with van der Waals surface area (Å²) in [5.41, 5.74) is 9.37. The number of sulfonamides is 1. The minimum absolute atomic E-state index is 0.283. The average molecular weight is 470 g/mol. The third-order valence-electron chi connectivity index (χ3n) is 5.70. The number of nitrogens with two attached hydrogens (primary N) is 1. The van der Waals surface area contributed by atoms with Gasteiger partial charge in [0.25, 0.3) is 0 Å². The van der Waals surface area contributed by atoms with E-state index in [2.05, 4.69) is 9.71 Å². The van der Waals surface area contributed by atoms with Gasteiger partial charge in [0, 0.05) is 33.2 Å². The monoisotopic (exact) mass is 469 g/mol. The van der Waals surface area contributed by atoms with Crippen LogP contribution in [-0.4, -0.2) is 29.8 Å². The predicted octanol–water partition coefficient (Wildman–Crippen LogP) is 3.12. The van der Waals surface area contributed by atoms with Crippen molar-refractivity contribution in [2.45, 2.75) is 31.3 Å². The van der Waals surface area contributed by atoms with Crippen LogP contribution in [0.4, 0.5) is 0 Å². The maximum Gasteiger partial charge on any atom is 0.234 e. The molecule has 1 aliphatic heterocycles. The highest BCUT2D eigenvalue weighted by atomic mass is 32.2. The van der Waals surface area contributed by atoms with Crippen LogP contribution in [0.3, 0.4) is 0 Å². The largest absolute Gasteiger partial charge is 0.402 e. The summed E-state index contributed by atoms with van der Waals surface area (Å²) in [5.74, 6) is 0.801. The maximum absolute atomic E-state index is 12.9. The molecular weight excluding hydrogens is 442 g/mol. The molecule has 0 amide bonds. The molecule has 3 N–H and O–H groups in total. The quantitative estimate of drug-likeness (QED) is 0.580. The Labute approximate surface area is 191 Å². The number of hydrogen-bond donors (Lipinski definition) is 2. The standard InChI is InChI=1S/C24H27N3O3S2/c25-22-11-15-31(28)18-21(22)23(26-17-19-7-3-1-4-8-19)12-16-32(29,30)27-24(13-14-24)20-9-5-2-6-10-20/h1-10,12,16,27H,11,13-15,17-18,25H2/b16-12+,26-23?. The molecule has 0 spiro atoms. The van der Waals surface area contributed by atoms with Crippen molar-refractivity contribution < 1.29 is 12.6 Å². The van der Waals surface area contributed by atoms with E-state index >= 15 is 0 Å². The number of benzene rings is 2. The fourth-order valence-corrected chi connectivity index (χ4v) is 6.23. The van der Waals surface area contributed by atoms with Crippen molar-refractivity contribution in [3.05, 3.63) is 94.5 Å². The number of allylic oxidation sites excluding steroid dienone is 2. The highest BCUT2D eigenvalue weighted by Crippen LogP contribution is 2.46. The lowest BCUT2D eigenvalue weighted by molar-refractivity contribution is 0.560. The number of rotatable bonds is 8. The van der Waals surface area contributed by atoms with E-state index in [1.165, 1.54) is 6.08 Å². The third-order valence-corrected chi connectivity index (χ3v) is 8.13.